The van der Waals surface area contributed by atoms with E-state index in [9.17, 15) is 15.0 Å². The molecular formula is C29H40N2O4. The number of carbonyl (C=O) groups is 1. The smallest absolute Gasteiger partial charge is 0.308 e. The van der Waals surface area contributed by atoms with Crippen LogP contribution in [0.2, 0.25) is 0 Å². The third kappa shape index (κ3) is 5.34. The minimum Gasteiger partial charge on any atom is -0.497 e. The van der Waals surface area contributed by atoms with Crippen LogP contribution >= 0.6 is 0 Å². The van der Waals surface area contributed by atoms with Gasteiger partial charge in [-0.2, -0.15) is 0 Å². The SMILES string of the molecule is COc1ccc2nccc(C(O)CC[C@@H]3CCN(C4CC(C5CCCCC5)C4)C[C@@H]3C(=O)O)c2c1. The summed E-state index contributed by atoms with van der Waals surface area (Å²) in [6.45, 7) is 1.65. The molecule has 2 aliphatic carbocycles. The fourth-order valence-electron chi connectivity index (χ4n) is 6.99. The number of hydrogen-bond acceptors (Lipinski definition) is 5. The van der Waals surface area contributed by atoms with Gasteiger partial charge < -0.3 is 14.9 Å². The van der Waals surface area contributed by atoms with Gasteiger partial charge >= 0.3 is 5.97 Å². The Balaban J connectivity index is 1.17. The van der Waals surface area contributed by atoms with Gasteiger partial charge in [0.25, 0.3) is 0 Å². The van der Waals surface area contributed by atoms with Crippen molar-refractivity contribution in [3.05, 3.63) is 36.0 Å². The van der Waals surface area contributed by atoms with Gasteiger partial charge in [0, 0.05) is 24.2 Å². The molecule has 2 aromatic rings. The molecule has 6 nitrogen and oxygen atoms in total. The molecule has 1 aliphatic heterocycles. The summed E-state index contributed by atoms with van der Waals surface area (Å²) in [5, 5.41) is 22.0. The number of aromatic nitrogens is 1. The van der Waals surface area contributed by atoms with E-state index in [4.69, 9.17) is 4.74 Å². The van der Waals surface area contributed by atoms with Gasteiger partial charge in [-0.15, -0.1) is 0 Å². The zero-order valence-electron chi connectivity index (χ0n) is 20.9. The van der Waals surface area contributed by atoms with Crippen LogP contribution in [0.3, 0.4) is 0 Å². The van der Waals surface area contributed by atoms with E-state index in [0.717, 1.165) is 53.4 Å². The first-order chi connectivity index (χ1) is 17.0. The summed E-state index contributed by atoms with van der Waals surface area (Å²) in [7, 11) is 1.63. The number of aliphatic carboxylic acids is 1. The number of hydrogen-bond donors (Lipinski definition) is 2. The van der Waals surface area contributed by atoms with E-state index >= 15 is 0 Å². The van der Waals surface area contributed by atoms with Crippen LogP contribution in [0.15, 0.2) is 30.5 Å². The summed E-state index contributed by atoms with van der Waals surface area (Å²) in [6, 6.07) is 8.13. The van der Waals surface area contributed by atoms with Gasteiger partial charge in [0.2, 0.25) is 0 Å². The molecule has 0 amide bonds. The van der Waals surface area contributed by atoms with Crippen molar-refractivity contribution in [2.24, 2.45) is 23.7 Å². The maximum absolute atomic E-state index is 12.2. The molecule has 0 bridgehead atoms. The summed E-state index contributed by atoms with van der Waals surface area (Å²) < 4.78 is 5.36. The Morgan fingerprint density at radius 3 is 2.69 bits per heavy atom. The van der Waals surface area contributed by atoms with Crippen molar-refractivity contribution in [1.82, 2.24) is 9.88 Å². The van der Waals surface area contributed by atoms with Crippen molar-refractivity contribution in [3.63, 3.8) is 0 Å². The van der Waals surface area contributed by atoms with E-state index in [0.29, 0.717) is 19.0 Å². The second kappa shape index (κ2) is 10.8. The Labute approximate surface area is 208 Å². The third-order valence-corrected chi connectivity index (χ3v) is 9.24. The zero-order chi connectivity index (χ0) is 24.4. The minimum atomic E-state index is -0.684. The van der Waals surface area contributed by atoms with E-state index < -0.39 is 12.1 Å². The average Bonchev–Trinajstić information content (AvgIpc) is 2.86. The van der Waals surface area contributed by atoms with Crippen LogP contribution in [0.25, 0.3) is 10.9 Å². The number of benzene rings is 1. The number of aliphatic hydroxyl groups is 1. The Morgan fingerprint density at radius 2 is 1.94 bits per heavy atom. The maximum atomic E-state index is 12.2. The summed E-state index contributed by atoms with van der Waals surface area (Å²) in [4.78, 5) is 19.1. The van der Waals surface area contributed by atoms with Gasteiger partial charge in [0.15, 0.2) is 0 Å². The predicted molar refractivity (Wildman–Crippen MR) is 136 cm³/mol. The summed E-state index contributed by atoms with van der Waals surface area (Å²) in [6.07, 6.45) is 12.8. The molecule has 190 valence electrons. The summed E-state index contributed by atoms with van der Waals surface area (Å²) in [5.41, 5.74) is 1.66. The van der Waals surface area contributed by atoms with Crippen LogP contribution in [-0.4, -0.2) is 52.3 Å². The lowest BCUT2D eigenvalue weighted by Crippen LogP contribution is -2.53. The second-order valence-corrected chi connectivity index (χ2v) is 11.1. The van der Waals surface area contributed by atoms with Gasteiger partial charge in [-0.05, 0) is 86.2 Å². The Morgan fingerprint density at radius 1 is 1.14 bits per heavy atom. The molecule has 3 atom stereocenters. The van der Waals surface area contributed by atoms with E-state index in [1.165, 1.54) is 44.9 Å². The van der Waals surface area contributed by atoms with Crippen molar-refractivity contribution in [1.29, 1.82) is 0 Å². The van der Waals surface area contributed by atoms with Gasteiger partial charge in [0.1, 0.15) is 5.75 Å². The van der Waals surface area contributed by atoms with Crippen molar-refractivity contribution in [3.8, 4) is 5.75 Å². The number of aliphatic hydroxyl groups excluding tert-OH is 1. The van der Waals surface area contributed by atoms with Gasteiger partial charge in [-0.3, -0.25) is 14.7 Å². The normalized spacial score (nSPS) is 29.0. The van der Waals surface area contributed by atoms with Gasteiger partial charge in [-0.25, -0.2) is 0 Å². The number of piperidine rings is 1. The highest BCUT2D eigenvalue weighted by atomic mass is 16.5. The highest BCUT2D eigenvalue weighted by molar-refractivity contribution is 5.83. The fraction of sp³-hybridized carbons (Fsp3) is 0.655. The average molecular weight is 481 g/mol. The lowest BCUT2D eigenvalue weighted by molar-refractivity contribution is -0.147. The minimum absolute atomic E-state index is 0.107. The second-order valence-electron chi connectivity index (χ2n) is 11.1. The molecule has 1 aromatic heterocycles. The first-order valence-electron chi connectivity index (χ1n) is 13.6. The van der Waals surface area contributed by atoms with Crippen LogP contribution in [0.4, 0.5) is 0 Å². The van der Waals surface area contributed by atoms with E-state index in [1.54, 1.807) is 13.3 Å². The number of rotatable bonds is 8. The van der Waals surface area contributed by atoms with E-state index in [1.807, 2.05) is 24.3 Å². The van der Waals surface area contributed by atoms with Crippen LogP contribution in [0.1, 0.15) is 75.9 Å². The first-order valence-corrected chi connectivity index (χ1v) is 13.6. The number of ether oxygens (including phenoxy) is 1. The molecule has 6 heteroatoms. The molecule has 5 rings (SSSR count). The number of nitrogens with zero attached hydrogens (tertiary/aromatic N) is 2. The van der Waals surface area contributed by atoms with Gasteiger partial charge in [0.05, 0.1) is 24.6 Å². The van der Waals surface area contributed by atoms with Gasteiger partial charge in [-0.1, -0.05) is 32.1 Å². The van der Waals surface area contributed by atoms with Crippen LogP contribution in [-0.2, 0) is 4.79 Å². The lowest BCUT2D eigenvalue weighted by atomic mass is 9.66. The zero-order valence-corrected chi connectivity index (χ0v) is 20.9. The molecule has 2 heterocycles. The molecule has 35 heavy (non-hydrogen) atoms. The van der Waals surface area contributed by atoms with Crippen LogP contribution in [0, 0.1) is 23.7 Å². The molecule has 3 aliphatic rings. The first kappa shape index (κ1) is 24.5. The highest BCUT2D eigenvalue weighted by Gasteiger charge is 2.42. The Bertz CT molecular complexity index is 1010. The number of likely N-dealkylation sites (tertiary alicyclic amines) is 1. The maximum Gasteiger partial charge on any atom is 0.308 e. The van der Waals surface area contributed by atoms with Crippen molar-refractivity contribution < 1.29 is 19.7 Å². The van der Waals surface area contributed by atoms with E-state index in [-0.39, 0.29) is 11.8 Å². The largest absolute Gasteiger partial charge is 0.497 e. The van der Waals surface area contributed by atoms with Crippen molar-refractivity contribution in [2.45, 2.75) is 76.4 Å². The van der Waals surface area contributed by atoms with Crippen LogP contribution in [0.5, 0.6) is 5.75 Å². The number of methoxy groups -OCH3 is 1. The predicted octanol–water partition coefficient (Wildman–Crippen LogP) is 5.44. The highest BCUT2D eigenvalue weighted by Crippen LogP contribution is 2.44. The Kier molecular flexibility index (Phi) is 7.59. The molecule has 2 saturated carbocycles. The standard InChI is InChI=1S/C29H40N2O4/c1-35-23-8-9-27-25(17-23)24(11-13-30-27)28(32)10-7-20-12-14-31(18-26(20)29(33)34)22-15-21(16-22)19-5-3-2-4-6-19/h8-9,11,13,17,19-22,26,28,32H,2-7,10,12,14-16,18H2,1H3,(H,33,34)/t20-,21?,22?,26+,28?/m1/s1. The molecular weight excluding hydrogens is 440 g/mol. The molecule has 1 saturated heterocycles. The third-order valence-electron chi connectivity index (χ3n) is 9.24. The fourth-order valence-corrected chi connectivity index (χ4v) is 6.99. The lowest BCUT2D eigenvalue weighted by Gasteiger charge is -2.50. The van der Waals surface area contributed by atoms with Crippen LogP contribution < -0.4 is 4.74 Å². The summed E-state index contributed by atoms with van der Waals surface area (Å²) in [5.74, 6) is 1.59. The van der Waals surface area contributed by atoms with E-state index in [2.05, 4.69) is 9.88 Å². The van der Waals surface area contributed by atoms with Crippen molar-refractivity contribution in [2.75, 3.05) is 20.2 Å². The molecule has 1 aromatic carbocycles. The van der Waals surface area contributed by atoms with Crippen molar-refractivity contribution >= 4 is 16.9 Å². The molecule has 2 N–H and O–H groups in total. The molecule has 0 radical (unpaired) electrons. The monoisotopic (exact) mass is 480 g/mol. The Hall–Kier alpha value is -2.18. The number of carboxylic acids is 1. The number of fused-ring (bicyclic) bond motifs is 1. The molecule has 0 spiro atoms. The summed E-state index contributed by atoms with van der Waals surface area (Å²) >= 11 is 0. The topological polar surface area (TPSA) is 82.9 Å². The number of carboxylic acid groups (broad SMARTS) is 1. The molecule has 3 fully saturated rings. The number of pyridine rings is 1. The quantitative estimate of drug-likeness (QED) is 0.524. The molecule has 1 unspecified atom stereocenters.